The minimum atomic E-state index is -1.70. The topological polar surface area (TPSA) is 89.7 Å². The van der Waals surface area contributed by atoms with E-state index in [2.05, 4.69) is 38.8 Å². The van der Waals surface area contributed by atoms with Gasteiger partial charge in [-0.05, 0) is 75.0 Å². The highest BCUT2D eigenvalue weighted by atomic mass is 19.1. The summed E-state index contributed by atoms with van der Waals surface area (Å²) in [5, 5.41) is 7.28. The second-order valence-corrected chi connectivity index (χ2v) is 9.51. The zero-order valence-electron chi connectivity index (χ0n) is 19.2. The molecule has 8 nitrogen and oxygen atoms in total. The summed E-state index contributed by atoms with van der Waals surface area (Å²) in [5.74, 6) is 1.12. The van der Waals surface area contributed by atoms with Crippen molar-refractivity contribution in [3.05, 3.63) is 69.9 Å². The van der Waals surface area contributed by atoms with Crippen molar-refractivity contribution in [2.45, 2.75) is 51.4 Å². The van der Waals surface area contributed by atoms with Gasteiger partial charge in [-0.1, -0.05) is 6.07 Å². The summed E-state index contributed by atoms with van der Waals surface area (Å²) in [6.45, 7) is 4.68. The quantitative estimate of drug-likeness (QED) is 0.470. The molecule has 3 aromatic heterocycles. The van der Waals surface area contributed by atoms with E-state index >= 15 is 0 Å². The molecule has 2 aliphatic rings. The lowest BCUT2D eigenvalue weighted by molar-refractivity contribution is 0.206. The molecule has 4 aromatic rings. The summed E-state index contributed by atoms with van der Waals surface area (Å²) < 4.78 is 18.0. The molecule has 1 aromatic carbocycles. The number of benzene rings is 1. The van der Waals surface area contributed by atoms with Crippen LogP contribution in [-0.2, 0) is 18.6 Å². The van der Waals surface area contributed by atoms with Gasteiger partial charge in [-0.15, -0.1) is 0 Å². The number of aromatic nitrogens is 5. The van der Waals surface area contributed by atoms with Crippen molar-refractivity contribution in [2.75, 3.05) is 11.9 Å². The van der Waals surface area contributed by atoms with Gasteiger partial charge in [0.15, 0.2) is 23.0 Å². The number of hydrogen-bond donors (Lipinski definition) is 2. The van der Waals surface area contributed by atoms with Crippen molar-refractivity contribution in [1.29, 1.82) is 0 Å². The van der Waals surface area contributed by atoms with Crippen molar-refractivity contribution < 1.29 is 4.39 Å². The molecule has 1 fully saturated rings. The van der Waals surface area contributed by atoms with E-state index in [9.17, 15) is 9.18 Å². The van der Waals surface area contributed by atoms with Crippen molar-refractivity contribution in [1.82, 2.24) is 29.6 Å². The lowest BCUT2D eigenvalue weighted by atomic mass is 10.0. The third-order valence-electron chi connectivity index (χ3n) is 6.38. The van der Waals surface area contributed by atoms with Gasteiger partial charge in [-0.25, -0.2) is 28.7 Å². The normalized spacial score (nSPS) is 16.0. The van der Waals surface area contributed by atoms with Crippen molar-refractivity contribution in [2.24, 2.45) is 0 Å². The number of nitrogens with zero attached hydrogens (tertiary/aromatic N) is 5. The number of fused-ring (bicyclic) bond motifs is 2. The highest BCUT2D eigenvalue weighted by Crippen LogP contribution is 2.36. The van der Waals surface area contributed by atoms with Gasteiger partial charge in [-0.3, -0.25) is 4.79 Å². The molecule has 34 heavy (non-hydrogen) atoms. The summed E-state index contributed by atoms with van der Waals surface area (Å²) in [4.78, 5) is 26.6. The maximum absolute atomic E-state index is 14.6. The van der Waals surface area contributed by atoms with Gasteiger partial charge in [0, 0.05) is 24.5 Å². The number of nitrogens with one attached hydrogen (secondary N) is 2. The largest absolute Gasteiger partial charge is 0.340 e. The molecule has 1 aliphatic heterocycles. The lowest BCUT2D eigenvalue weighted by Crippen LogP contribution is -2.23. The van der Waals surface area contributed by atoms with E-state index in [0.29, 0.717) is 22.7 Å². The Balaban J connectivity index is 1.46. The number of pyridine rings is 1. The minimum absolute atomic E-state index is 0.0681. The molecular formula is C25H26FN7O. The highest BCUT2D eigenvalue weighted by molar-refractivity contribution is 5.79. The molecule has 4 heterocycles. The number of hydrogen-bond acceptors (Lipinski definition) is 6. The molecule has 0 radical (unpaired) electrons. The Bertz CT molecular complexity index is 1460. The monoisotopic (exact) mass is 459 g/mol. The van der Waals surface area contributed by atoms with E-state index in [1.807, 2.05) is 6.07 Å². The predicted octanol–water partition coefficient (Wildman–Crippen LogP) is 3.91. The standard InChI is InChI=1S/C25H26FN7O/c1-25(2,26)24-28-12-10-21(31-24)33-22-19(23(34)32(33)18-5-6-18)7-8-20(30-22)29-17-4-3-15-9-11-27-14-16(15)13-17/h3-4,7-8,10,12-13,18,27H,5-6,9,11,14H2,1-2H3,(H,29,30). The second-order valence-electron chi connectivity index (χ2n) is 9.51. The van der Waals surface area contributed by atoms with Gasteiger partial charge in [0.2, 0.25) is 0 Å². The van der Waals surface area contributed by atoms with Crippen LogP contribution in [0.3, 0.4) is 0 Å². The first-order valence-corrected chi connectivity index (χ1v) is 11.6. The Morgan fingerprint density at radius 3 is 2.76 bits per heavy atom. The first-order chi connectivity index (χ1) is 16.4. The molecule has 174 valence electrons. The van der Waals surface area contributed by atoms with Gasteiger partial charge < -0.3 is 10.6 Å². The van der Waals surface area contributed by atoms with Crippen LogP contribution < -0.4 is 16.2 Å². The van der Waals surface area contributed by atoms with Crippen LogP contribution in [0.1, 0.15) is 49.7 Å². The van der Waals surface area contributed by atoms with E-state index < -0.39 is 5.67 Å². The molecule has 0 unspecified atom stereocenters. The number of halogens is 1. The Hall–Kier alpha value is -3.59. The lowest BCUT2D eigenvalue weighted by Gasteiger charge is -2.18. The zero-order valence-corrected chi connectivity index (χ0v) is 19.2. The SMILES string of the molecule is CC(C)(F)c1nccc(-n2c3nc(Nc4ccc5c(c4)CNCC5)ccc3c(=O)n2C2CC2)n1. The molecular weight excluding hydrogens is 433 g/mol. The molecule has 0 atom stereocenters. The molecule has 1 saturated carbocycles. The van der Waals surface area contributed by atoms with Crippen LogP contribution in [-0.4, -0.2) is 30.9 Å². The second kappa shape index (κ2) is 7.73. The third-order valence-corrected chi connectivity index (χ3v) is 6.38. The smallest absolute Gasteiger partial charge is 0.276 e. The molecule has 2 N–H and O–H groups in total. The zero-order chi connectivity index (χ0) is 23.4. The Labute approximate surface area is 195 Å². The molecule has 0 spiro atoms. The summed E-state index contributed by atoms with van der Waals surface area (Å²) in [5.41, 5.74) is 2.24. The molecule has 6 rings (SSSR count). The molecule has 0 amide bonds. The van der Waals surface area contributed by atoms with E-state index in [1.54, 1.807) is 21.5 Å². The van der Waals surface area contributed by atoms with Crippen LogP contribution in [0.25, 0.3) is 16.9 Å². The fraction of sp³-hybridized carbons (Fsp3) is 0.360. The van der Waals surface area contributed by atoms with Crippen LogP contribution in [0, 0.1) is 0 Å². The highest BCUT2D eigenvalue weighted by Gasteiger charge is 2.31. The van der Waals surface area contributed by atoms with E-state index in [0.717, 1.165) is 38.0 Å². The summed E-state index contributed by atoms with van der Waals surface area (Å²) in [7, 11) is 0. The van der Waals surface area contributed by atoms with Gasteiger partial charge in [0.1, 0.15) is 5.82 Å². The average Bonchev–Trinajstić information content (AvgIpc) is 3.62. The van der Waals surface area contributed by atoms with Crippen molar-refractivity contribution in [3.8, 4) is 5.82 Å². The van der Waals surface area contributed by atoms with Crippen molar-refractivity contribution in [3.63, 3.8) is 0 Å². The van der Waals surface area contributed by atoms with Crippen LogP contribution in [0.15, 0.2) is 47.4 Å². The molecule has 1 aliphatic carbocycles. The minimum Gasteiger partial charge on any atom is -0.340 e. The molecule has 0 bridgehead atoms. The Kier molecular flexibility index (Phi) is 4.77. The summed E-state index contributed by atoms with van der Waals surface area (Å²) in [6.07, 6.45) is 4.38. The average molecular weight is 460 g/mol. The Morgan fingerprint density at radius 1 is 1.12 bits per heavy atom. The summed E-state index contributed by atoms with van der Waals surface area (Å²) >= 11 is 0. The number of anilines is 2. The Morgan fingerprint density at radius 2 is 1.97 bits per heavy atom. The fourth-order valence-electron chi connectivity index (χ4n) is 4.49. The first-order valence-electron chi connectivity index (χ1n) is 11.6. The first kappa shape index (κ1) is 21.0. The summed E-state index contributed by atoms with van der Waals surface area (Å²) in [6, 6.07) is 11.7. The van der Waals surface area contributed by atoms with Gasteiger partial charge >= 0.3 is 0 Å². The number of rotatable bonds is 5. The maximum Gasteiger partial charge on any atom is 0.276 e. The van der Waals surface area contributed by atoms with Gasteiger partial charge in [-0.2, -0.15) is 0 Å². The van der Waals surface area contributed by atoms with Gasteiger partial charge in [0.05, 0.1) is 11.4 Å². The predicted molar refractivity (Wildman–Crippen MR) is 128 cm³/mol. The van der Waals surface area contributed by atoms with E-state index in [-0.39, 0.29) is 17.4 Å². The van der Waals surface area contributed by atoms with Crippen LogP contribution in [0.2, 0.25) is 0 Å². The molecule has 9 heteroatoms. The molecule has 0 saturated heterocycles. The maximum atomic E-state index is 14.6. The van der Waals surface area contributed by atoms with Crippen molar-refractivity contribution >= 4 is 22.5 Å². The van der Waals surface area contributed by atoms with E-state index in [1.165, 1.54) is 31.2 Å². The number of alkyl halides is 1. The third kappa shape index (κ3) is 3.66. The van der Waals surface area contributed by atoms with Crippen LogP contribution >= 0.6 is 0 Å². The van der Waals surface area contributed by atoms with Crippen LogP contribution in [0.4, 0.5) is 15.9 Å². The van der Waals surface area contributed by atoms with E-state index in [4.69, 9.17) is 4.98 Å². The van der Waals surface area contributed by atoms with Gasteiger partial charge in [0.25, 0.3) is 5.56 Å². The fourth-order valence-corrected chi connectivity index (χ4v) is 4.49. The van der Waals surface area contributed by atoms with Crippen LogP contribution in [0.5, 0.6) is 0 Å².